The van der Waals surface area contributed by atoms with E-state index >= 15 is 0 Å². The fraction of sp³-hybridized carbons (Fsp3) is 0.200. The number of carbonyl (C=O) groups is 1. The van der Waals surface area contributed by atoms with Crippen molar-refractivity contribution in [3.05, 3.63) is 51.5 Å². The average Bonchev–Trinajstić information content (AvgIpc) is 2.98. The molecular formula is C15H13FN4O2S. The van der Waals surface area contributed by atoms with Gasteiger partial charge in [-0.3, -0.25) is 14.9 Å². The topological polar surface area (TPSA) is 76.9 Å². The van der Waals surface area contributed by atoms with Gasteiger partial charge in [0.25, 0.3) is 0 Å². The number of rotatable bonds is 4. The molecule has 1 N–H and O–H groups in total. The zero-order valence-electron chi connectivity index (χ0n) is 12.2. The van der Waals surface area contributed by atoms with Crippen molar-refractivity contribution >= 4 is 33.3 Å². The van der Waals surface area contributed by atoms with Crippen LogP contribution >= 0.6 is 11.3 Å². The maximum Gasteiger partial charge on any atom is 0.246 e. The monoisotopic (exact) mass is 332 g/mol. The maximum absolute atomic E-state index is 14.0. The molecule has 0 aliphatic rings. The van der Waals surface area contributed by atoms with Crippen LogP contribution < -0.4 is 10.7 Å². The third kappa shape index (κ3) is 3.11. The number of aryl methyl sites for hydroxylation is 1. The van der Waals surface area contributed by atoms with Gasteiger partial charge in [0.05, 0.1) is 5.52 Å². The summed E-state index contributed by atoms with van der Waals surface area (Å²) in [4.78, 5) is 23.9. The van der Waals surface area contributed by atoms with Crippen LogP contribution in [0, 0.1) is 5.82 Å². The van der Waals surface area contributed by atoms with Crippen LogP contribution in [0.25, 0.3) is 10.9 Å². The number of amides is 1. The van der Waals surface area contributed by atoms with Crippen LogP contribution in [-0.4, -0.2) is 20.7 Å². The molecule has 6 nitrogen and oxygen atoms in total. The summed E-state index contributed by atoms with van der Waals surface area (Å²) < 4.78 is 15.4. The highest BCUT2D eigenvalue weighted by molar-refractivity contribution is 7.15. The Kier molecular flexibility index (Phi) is 4.16. The summed E-state index contributed by atoms with van der Waals surface area (Å²) in [6, 6.07) is 5.58. The molecule has 0 saturated heterocycles. The number of benzene rings is 1. The number of hydrogen-bond donors (Lipinski definition) is 1. The van der Waals surface area contributed by atoms with Crippen molar-refractivity contribution in [1.29, 1.82) is 0 Å². The van der Waals surface area contributed by atoms with Gasteiger partial charge in [0, 0.05) is 17.6 Å². The van der Waals surface area contributed by atoms with E-state index in [1.165, 1.54) is 46.4 Å². The minimum atomic E-state index is -0.544. The first-order chi connectivity index (χ1) is 11.1. The normalized spacial score (nSPS) is 10.9. The Morgan fingerprint density at radius 1 is 1.35 bits per heavy atom. The molecular weight excluding hydrogens is 319 g/mol. The molecule has 0 unspecified atom stereocenters. The van der Waals surface area contributed by atoms with E-state index in [0.717, 1.165) is 11.4 Å². The first-order valence-electron chi connectivity index (χ1n) is 6.98. The van der Waals surface area contributed by atoms with E-state index in [2.05, 4.69) is 15.5 Å². The minimum absolute atomic E-state index is 0.113. The van der Waals surface area contributed by atoms with Gasteiger partial charge in [0.15, 0.2) is 5.43 Å². The third-order valence-electron chi connectivity index (χ3n) is 3.27. The molecule has 23 heavy (non-hydrogen) atoms. The lowest BCUT2D eigenvalue weighted by Gasteiger charge is -2.10. The second kappa shape index (κ2) is 6.25. The summed E-state index contributed by atoms with van der Waals surface area (Å²) in [6.07, 6.45) is 2.15. The van der Waals surface area contributed by atoms with E-state index in [9.17, 15) is 14.0 Å². The summed E-state index contributed by atoms with van der Waals surface area (Å²) in [5.74, 6) is -0.908. The summed E-state index contributed by atoms with van der Waals surface area (Å²) in [7, 11) is 0. The molecule has 1 aromatic carbocycles. The molecule has 0 aliphatic carbocycles. The Labute approximate surface area is 134 Å². The SMILES string of the molecule is CCc1nnc(NC(=O)Cn2ccc(=O)c3cccc(F)c32)s1. The van der Waals surface area contributed by atoms with Gasteiger partial charge in [0.1, 0.15) is 17.4 Å². The van der Waals surface area contributed by atoms with Crippen molar-refractivity contribution in [2.45, 2.75) is 19.9 Å². The van der Waals surface area contributed by atoms with Gasteiger partial charge in [0.2, 0.25) is 11.0 Å². The quantitative estimate of drug-likeness (QED) is 0.794. The number of halogens is 1. The molecule has 118 valence electrons. The number of anilines is 1. The number of nitrogens with one attached hydrogen (secondary N) is 1. The molecule has 3 rings (SSSR count). The van der Waals surface area contributed by atoms with Crippen LogP contribution in [-0.2, 0) is 17.8 Å². The number of fused-ring (bicyclic) bond motifs is 1. The molecule has 0 spiro atoms. The van der Waals surface area contributed by atoms with Crippen molar-refractivity contribution in [3.63, 3.8) is 0 Å². The molecule has 2 aromatic heterocycles. The first kappa shape index (κ1) is 15.3. The zero-order chi connectivity index (χ0) is 16.4. The average molecular weight is 332 g/mol. The van der Waals surface area contributed by atoms with Gasteiger partial charge in [-0.1, -0.05) is 24.3 Å². The predicted octanol–water partition coefficient (Wildman–Crippen LogP) is 2.19. The Morgan fingerprint density at radius 3 is 2.91 bits per heavy atom. The van der Waals surface area contributed by atoms with E-state index in [1.54, 1.807) is 0 Å². The third-order valence-corrected chi connectivity index (χ3v) is 4.26. The summed E-state index contributed by atoms with van der Waals surface area (Å²) >= 11 is 1.29. The molecule has 1 amide bonds. The summed E-state index contributed by atoms with van der Waals surface area (Å²) in [5, 5.41) is 11.9. The van der Waals surface area contributed by atoms with Gasteiger partial charge in [-0.2, -0.15) is 0 Å². The van der Waals surface area contributed by atoms with Gasteiger partial charge in [-0.15, -0.1) is 10.2 Å². The molecule has 0 aliphatic heterocycles. The van der Waals surface area contributed by atoms with E-state index in [4.69, 9.17) is 0 Å². The summed E-state index contributed by atoms with van der Waals surface area (Å²) in [6.45, 7) is 1.82. The Morgan fingerprint density at radius 2 is 2.17 bits per heavy atom. The van der Waals surface area contributed by atoms with Crippen LogP contribution in [0.5, 0.6) is 0 Å². The lowest BCUT2D eigenvalue weighted by Crippen LogP contribution is -2.20. The van der Waals surface area contributed by atoms with Gasteiger partial charge >= 0.3 is 0 Å². The van der Waals surface area contributed by atoms with Crippen LogP contribution in [0.3, 0.4) is 0 Å². The van der Waals surface area contributed by atoms with Gasteiger partial charge in [-0.25, -0.2) is 4.39 Å². The number of carbonyl (C=O) groups excluding carboxylic acids is 1. The van der Waals surface area contributed by atoms with Crippen molar-refractivity contribution in [1.82, 2.24) is 14.8 Å². The van der Waals surface area contributed by atoms with Crippen molar-refractivity contribution in [2.24, 2.45) is 0 Å². The lowest BCUT2D eigenvalue weighted by atomic mass is 10.2. The summed E-state index contributed by atoms with van der Waals surface area (Å²) in [5.41, 5.74) is -0.172. The van der Waals surface area contributed by atoms with Crippen LogP contribution in [0.2, 0.25) is 0 Å². The molecule has 0 saturated carbocycles. The van der Waals surface area contributed by atoms with E-state index in [0.29, 0.717) is 5.13 Å². The predicted molar refractivity (Wildman–Crippen MR) is 86.1 cm³/mol. The number of para-hydroxylation sites is 1. The zero-order valence-corrected chi connectivity index (χ0v) is 13.1. The van der Waals surface area contributed by atoms with E-state index in [1.807, 2.05) is 6.92 Å². The van der Waals surface area contributed by atoms with Crippen molar-refractivity contribution < 1.29 is 9.18 Å². The standard InChI is InChI=1S/C15H13FN4O2S/c1-2-13-18-19-15(23-13)17-12(22)8-20-7-6-11(21)9-4-3-5-10(16)14(9)20/h3-7H,2,8H2,1H3,(H,17,19,22). The number of aromatic nitrogens is 3. The second-order valence-electron chi connectivity index (χ2n) is 4.85. The number of hydrogen-bond acceptors (Lipinski definition) is 5. The second-order valence-corrected chi connectivity index (χ2v) is 5.91. The molecule has 0 radical (unpaired) electrons. The minimum Gasteiger partial charge on any atom is -0.335 e. The fourth-order valence-corrected chi connectivity index (χ4v) is 2.92. The number of pyridine rings is 1. The largest absolute Gasteiger partial charge is 0.335 e. The van der Waals surface area contributed by atoms with Gasteiger partial charge < -0.3 is 4.57 Å². The molecule has 8 heteroatoms. The highest BCUT2D eigenvalue weighted by Crippen LogP contribution is 2.17. The highest BCUT2D eigenvalue weighted by Gasteiger charge is 2.12. The highest BCUT2D eigenvalue weighted by atomic mass is 32.1. The molecule has 0 fully saturated rings. The molecule has 0 atom stereocenters. The molecule has 2 heterocycles. The Bertz CT molecular complexity index is 935. The Balaban J connectivity index is 1.88. The van der Waals surface area contributed by atoms with Crippen LogP contribution in [0.4, 0.5) is 9.52 Å². The molecule has 3 aromatic rings. The fourth-order valence-electron chi connectivity index (χ4n) is 2.22. The van der Waals surface area contributed by atoms with Crippen molar-refractivity contribution in [2.75, 3.05) is 5.32 Å². The first-order valence-corrected chi connectivity index (χ1v) is 7.80. The van der Waals surface area contributed by atoms with E-state index < -0.39 is 5.82 Å². The van der Waals surface area contributed by atoms with Crippen LogP contribution in [0.15, 0.2) is 35.3 Å². The molecule has 0 bridgehead atoms. The van der Waals surface area contributed by atoms with Crippen LogP contribution in [0.1, 0.15) is 11.9 Å². The maximum atomic E-state index is 14.0. The van der Waals surface area contributed by atoms with E-state index in [-0.39, 0.29) is 28.8 Å². The smallest absolute Gasteiger partial charge is 0.246 e. The van der Waals surface area contributed by atoms with Gasteiger partial charge in [-0.05, 0) is 18.6 Å². The van der Waals surface area contributed by atoms with Crippen molar-refractivity contribution in [3.8, 4) is 0 Å². The number of nitrogens with zero attached hydrogens (tertiary/aromatic N) is 3. The lowest BCUT2D eigenvalue weighted by molar-refractivity contribution is -0.116. The Hall–Kier alpha value is -2.61.